The van der Waals surface area contributed by atoms with Gasteiger partial charge in [-0.15, -0.1) is 0 Å². The Hall–Kier alpha value is -2.80. The second-order valence-electron chi connectivity index (χ2n) is 5.89. The Bertz CT molecular complexity index is 867. The Kier molecular flexibility index (Phi) is 6.13. The Morgan fingerprint density at radius 3 is 2.52 bits per heavy atom. The van der Waals surface area contributed by atoms with Gasteiger partial charge in [-0.05, 0) is 30.7 Å². The number of allylic oxidation sites excluding steroid dienone is 1. The molecule has 27 heavy (non-hydrogen) atoms. The molecule has 140 valence electrons. The molecule has 0 fully saturated rings. The van der Waals surface area contributed by atoms with Gasteiger partial charge in [0.15, 0.2) is 0 Å². The molecule has 1 aliphatic rings. The predicted octanol–water partition coefficient (Wildman–Crippen LogP) is 3.70. The van der Waals surface area contributed by atoms with Crippen molar-refractivity contribution in [2.24, 2.45) is 0 Å². The van der Waals surface area contributed by atoms with E-state index in [9.17, 15) is 9.59 Å². The van der Waals surface area contributed by atoms with E-state index in [1.165, 1.54) is 0 Å². The molecule has 0 aromatic heterocycles. The molecule has 0 saturated carbocycles. The van der Waals surface area contributed by atoms with Crippen molar-refractivity contribution in [3.8, 4) is 5.75 Å². The molecular formula is C20H19BrN2O4. The van der Waals surface area contributed by atoms with Crippen LogP contribution in [0.15, 0.2) is 70.3 Å². The summed E-state index contributed by atoms with van der Waals surface area (Å²) in [6.45, 7) is 2.02. The minimum atomic E-state index is -0.600. The highest BCUT2D eigenvalue weighted by Crippen LogP contribution is 2.32. The monoisotopic (exact) mass is 430 g/mol. The summed E-state index contributed by atoms with van der Waals surface area (Å²) in [5, 5.41) is 5.41. The van der Waals surface area contributed by atoms with Crippen LogP contribution in [0.2, 0.25) is 0 Å². The highest BCUT2D eigenvalue weighted by atomic mass is 79.9. The third kappa shape index (κ3) is 4.68. The lowest BCUT2D eigenvalue weighted by molar-refractivity contribution is -0.140. The normalized spacial score (nSPS) is 16.4. The number of amides is 2. The standard InChI is InChI=1S/C20H19BrN2O4/c1-13-17(19(24)27-12-11-26-14-7-3-2-4-8-14)18(23-20(25)22-13)15-9-5-6-10-16(15)21/h2-10,18H,11-12H2,1H3,(H2,22,23,25). The fourth-order valence-corrected chi connectivity index (χ4v) is 3.31. The first-order chi connectivity index (χ1) is 13.1. The molecular weight excluding hydrogens is 412 g/mol. The smallest absolute Gasteiger partial charge is 0.338 e. The van der Waals surface area contributed by atoms with Crippen LogP contribution in [0.5, 0.6) is 5.75 Å². The zero-order valence-corrected chi connectivity index (χ0v) is 16.3. The number of carbonyl (C=O) groups excluding carboxylic acids is 2. The molecule has 7 heteroatoms. The maximum atomic E-state index is 12.7. The van der Waals surface area contributed by atoms with E-state index in [1.807, 2.05) is 54.6 Å². The minimum Gasteiger partial charge on any atom is -0.490 e. The fraction of sp³-hybridized carbons (Fsp3) is 0.200. The van der Waals surface area contributed by atoms with Crippen molar-refractivity contribution >= 4 is 27.9 Å². The average molecular weight is 431 g/mol. The van der Waals surface area contributed by atoms with Gasteiger partial charge >= 0.3 is 12.0 Å². The second kappa shape index (κ2) is 8.73. The van der Waals surface area contributed by atoms with Crippen LogP contribution >= 0.6 is 15.9 Å². The Morgan fingerprint density at radius 2 is 1.78 bits per heavy atom. The van der Waals surface area contributed by atoms with Gasteiger partial charge in [-0.1, -0.05) is 52.3 Å². The van der Waals surface area contributed by atoms with E-state index >= 15 is 0 Å². The van der Waals surface area contributed by atoms with E-state index in [0.29, 0.717) is 17.0 Å². The van der Waals surface area contributed by atoms with E-state index in [-0.39, 0.29) is 19.2 Å². The third-order valence-corrected chi connectivity index (χ3v) is 4.76. The topological polar surface area (TPSA) is 76.7 Å². The molecule has 2 N–H and O–H groups in total. The zero-order chi connectivity index (χ0) is 19.2. The summed E-state index contributed by atoms with van der Waals surface area (Å²) in [6.07, 6.45) is 0. The first-order valence-electron chi connectivity index (χ1n) is 8.44. The van der Waals surface area contributed by atoms with Gasteiger partial charge in [0.05, 0.1) is 11.6 Å². The predicted molar refractivity (Wildman–Crippen MR) is 104 cm³/mol. The number of hydrogen-bond donors (Lipinski definition) is 2. The molecule has 0 aliphatic carbocycles. The molecule has 0 spiro atoms. The van der Waals surface area contributed by atoms with E-state index < -0.39 is 12.0 Å². The van der Waals surface area contributed by atoms with Gasteiger partial charge in [-0.2, -0.15) is 0 Å². The van der Waals surface area contributed by atoms with Crippen LogP contribution in [0.4, 0.5) is 4.79 Å². The van der Waals surface area contributed by atoms with E-state index in [1.54, 1.807) is 6.92 Å². The molecule has 1 atom stereocenters. The van der Waals surface area contributed by atoms with Crippen LogP contribution in [-0.4, -0.2) is 25.2 Å². The molecule has 0 saturated heterocycles. The number of halogens is 1. The van der Waals surface area contributed by atoms with Crippen molar-refractivity contribution in [1.29, 1.82) is 0 Å². The summed E-state index contributed by atoms with van der Waals surface area (Å²) in [7, 11) is 0. The van der Waals surface area contributed by atoms with Gasteiger partial charge in [0, 0.05) is 10.2 Å². The van der Waals surface area contributed by atoms with Crippen LogP contribution < -0.4 is 15.4 Å². The summed E-state index contributed by atoms with van der Waals surface area (Å²) in [4.78, 5) is 24.6. The van der Waals surface area contributed by atoms with Crippen molar-refractivity contribution in [3.05, 3.63) is 75.9 Å². The number of esters is 1. The fourth-order valence-electron chi connectivity index (χ4n) is 2.80. The van der Waals surface area contributed by atoms with Gasteiger partial charge in [0.2, 0.25) is 0 Å². The van der Waals surface area contributed by atoms with Crippen LogP contribution in [0.25, 0.3) is 0 Å². The average Bonchev–Trinajstić information content (AvgIpc) is 2.65. The summed E-state index contributed by atoms with van der Waals surface area (Å²) in [5.74, 6) is 0.207. The SMILES string of the molecule is CC1=C(C(=O)OCCOc2ccccc2)C(c2ccccc2Br)NC(=O)N1. The van der Waals surface area contributed by atoms with Gasteiger partial charge in [-0.25, -0.2) is 9.59 Å². The summed E-state index contributed by atoms with van der Waals surface area (Å²) < 4.78 is 11.7. The van der Waals surface area contributed by atoms with Crippen molar-refractivity contribution in [1.82, 2.24) is 10.6 Å². The molecule has 2 aromatic rings. The zero-order valence-electron chi connectivity index (χ0n) is 14.7. The number of hydrogen-bond acceptors (Lipinski definition) is 4. The summed E-state index contributed by atoms with van der Waals surface area (Å²) in [6, 6.07) is 15.8. The van der Waals surface area contributed by atoms with Crippen molar-refractivity contribution in [3.63, 3.8) is 0 Å². The lowest BCUT2D eigenvalue weighted by Crippen LogP contribution is -2.45. The molecule has 6 nitrogen and oxygen atoms in total. The largest absolute Gasteiger partial charge is 0.490 e. The van der Waals surface area contributed by atoms with Crippen molar-refractivity contribution in [2.75, 3.05) is 13.2 Å². The van der Waals surface area contributed by atoms with Crippen LogP contribution in [0.3, 0.4) is 0 Å². The molecule has 2 amide bonds. The van der Waals surface area contributed by atoms with E-state index in [0.717, 1.165) is 10.0 Å². The molecule has 1 heterocycles. The Labute approximate surface area is 165 Å². The van der Waals surface area contributed by atoms with Gasteiger partial charge in [0.25, 0.3) is 0 Å². The number of ether oxygens (including phenoxy) is 2. The first kappa shape index (κ1) is 19.0. The lowest BCUT2D eigenvalue weighted by Gasteiger charge is -2.28. The van der Waals surface area contributed by atoms with Crippen LogP contribution in [-0.2, 0) is 9.53 Å². The van der Waals surface area contributed by atoms with E-state index in [4.69, 9.17) is 9.47 Å². The van der Waals surface area contributed by atoms with Crippen molar-refractivity contribution < 1.29 is 19.1 Å². The highest BCUT2D eigenvalue weighted by molar-refractivity contribution is 9.10. The lowest BCUT2D eigenvalue weighted by atomic mass is 9.95. The molecule has 3 rings (SSSR count). The van der Waals surface area contributed by atoms with E-state index in [2.05, 4.69) is 26.6 Å². The Morgan fingerprint density at radius 1 is 1.07 bits per heavy atom. The number of carbonyl (C=O) groups is 2. The number of rotatable bonds is 6. The Balaban J connectivity index is 1.69. The quantitative estimate of drug-likeness (QED) is 0.540. The maximum absolute atomic E-state index is 12.7. The highest BCUT2D eigenvalue weighted by Gasteiger charge is 2.33. The third-order valence-electron chi connectivity index (χ3n) is 4.03. The maximum Gasteiger partial charge on any atom is 0.338 e. The van der Waals surface area contributed by atoms with Gasteiger partial charge in [-0.3, -0.25) is 0 Å². The molecule has 2 aromatic carbocycles. The first-order valence-corrected chi connectivity index (χ1v) is 9.23. The molecule has 0 bridgehead atoms. The summed E-state index contributed by atoms with van der Waals surface area (Å²) in [5.41, 5.74) is 1.61. The minimum absolute atomic E-state index is 0.0983. The summed E-state index contributed by atoms with van der Waals surface area (Å²) >= 11 is 3.47. The van der Waals surface area contributed by atoms with Crippen LogP contribution in [0.1, 0.15) is 18.5 Å². The van der Waals surface area contributed by atoms with Gasteiger partial charge in [0.1, 0.15) is 19.0 Å². The number of para-hydroxylation sites is 1. The molecule has 0 radical (unpaired) electrons. The molecule has 1 aliphatic heterocycles. The number of nitrogens with one attached hydrogen (secondary N) is 2. The molecule has 1 unspecified atom stereocenters. The van der Waals surface area contributed by atoms with Crippen molar-refractivity contribution in [2.45, 2.75) is 13.0 Å². The number of urea groups is 1. The van der Waals surface area contributed by atoms with Crippen LogP contribution in [0, 0.1) is 0 Å². The van der Waals surface area contributed by atoms with Gasteiger partial charge < -0.3 is 20.1 Å². The number of benzene rings is 2. The second-order valence-corrected chi connectivity index (χ2v) is 6.74.